The van der Waals surface area contributed by atoms with Gasteiger partial charge in [-0.2, -0.15) is 0 Å². The second-order valence-electron chi connectivity index (χ2n) is 5.27. The fourth-order valence-electron chi connectivity index (χ4n) is 2.56. The first kappa shape index (κ1) is 12.6. The minimum absolute atomic E-state index is 0.836. The molecule has 0 aliphatic heterocycles. The van der Waals surface area contributed by atoms with Gasteiger partial charge in [-0.15, -0.1) is 0 Å². The summed E-state index contributed by atoms with van der Waals surface area (Å²) in [6, 6.07) is 0. The highest BCUT2D eigenvalue weighted by Gasteiger charge is 2.22. The summed E-state index contributed by atoms with van der Waals surface area (Å²) in [5.41, 5.74) is 1.59. The van der Waals surface area contributed by atoms with Gasteiger partial charge in [0.2, 0.25) is 0 Å². The summed E-state index contributed by atoms with van der Waals surface area (Å²) >= 11 is 0. The van der Waals surface area contributed by atoms with Gasteiger partial charge in [-0.1, -0.05) is 39.2 Å². The minimum Gasteiger partial charge on any atom is -0.381 e. The molecule has 0 aromatic heterocycles. The molecule has 0 bridgehead atoms. The molecule has 0 heterocycles. The number of hydrogen-bond acceptors (Lipinski definition) is 1. The Kier molecular flexibility index (Phi) is 5.21. The highest BCUT2D eigenvalue weighted by Crippen LogP contribution is 2.33. The smallest absolute Gasteiger partial charge is 0.0118 e. The third-order valence-corrected chi connectivity index (χ3v) is 3.59. The zero-order chi connectivity index (χ0) is 11.3. The van der Waals surface area contributed by atoms with Gasteiger partial charge in [0.05, 0.1) is 0 Å². The summed E-state index contributed by atoms with van der Waals surface area (Å²) in [7, 11) is 4.39. The van der Waals surface area contributed by atoms with E-state index < -0.39 is 0 Å². The van der Waals surface area contributed by atoms with Crippen LogP contribution in [0.25, 0.3) is 0 Å². The van der Waals surface area contributed by atoms with Gasteiger partial charge in [0.15, 0.2) is 0 Å². The summed E-state index contributed by atoms with van der Waals surface area (Å²) in [5, 5.41) is 0. The van der Waals surface area contributed by atoms with Crippen LogP contribution in [0.2, 0.25) is 0 Å². The molecular formula is C14H27N. The van der Waals surface area contributed by atoms with Crippen LogP contribution in [0.5, 0.6) is 0 Å². The molecule has 1 aliphatic carbocycles. The minimum atomic E-state index is 0.836. The Hall–Kier alpha value is -0.460. The molecule has 0 aromatic carbocycles. The molecule has 0 aromatic rings. The third kappa shape index (κ3) is 3.89. The van der Waals surface area contributed by atoms with Crippen molar-refractivity contribution >= 4 is 0 Å². The van der Waals surface area contributed by atoms with Crippen molar-refractivity contribution in [3.63, 3.8) is 0 Å². The summed E-state index contributed by atoms with van der Waals surface area (Å²) in [5.74, 6) is 1.79. The molecule has 1 aliphatic rings. The number of rotatable bonds is 4. The zero-order valence-electron chi connectivity index (χ0n) is 10.9. The summed E-state index contributed by atoms with van der Waals surface area (Å²) in [4.78, 5) is 2.33. The molecule has 1 rings (SSSR count). The topological polar surface area (TPSA) is 3.24 Å². The van der Waals surface area contributed by atoms with Gasteiger partial charge in [-0.3, -0.25) is 0 Å². The van der Waals surface area contributed by atoms with E-state index >= 15 is 0 Å². The molecule has 0 N–H and O–H groups in total. The normalized spacial score (nSPS) is 27.9. The molecule has 0 saturated heterocycles. The maximum Gasteiger partial charge on any atom is 0.0118 e. The highest BCUT2D eigenvalue weighted by molar-refractivity contribution is 5.05. The maximum absolute atomic E-state index is 2.46. The molecule has 0 amide bonds. The number of hydrogen-bond donors (Lipinski definition) is 0. The summed E-state index contributed by atoms with van der Waals surface area (Å²) < 4.78 is 0. The summed E-state index contributed by atoms with van der Waals surface area (Å²) in [6.07, 6.45) is 10.6. The molecule has 15 heavy (non-hydrogen) atoms. The van der Waals surface area contributed by atoms with Crippen molar-refractivity contribution in [1.82, 2.24) is 4.90 Å². The number of allylic oxidation sites excluding steroid dienone is 2. The van der Waals surface area contributed by atoms with Gasteiger partial charge in [0, 0.05) is 19.8 Å². The molecule has 88 valence electrons. The van der Waals surface area contributed by atoms with E-state index in [0.29, 0.717) is 0 Å². The van der Waals surface area contributed by atoms with Crippen LogP contribution in [0, 0.1) is 11.8 Å². The molecule has 1 nitrogen and oxygen atoms in total. The zero-order valence-corrected chi connectivity index (χ0v) is 10.9. The Morgan fingerprint density at radius 1 is 1.20 bits per heavy atom. The Morgan fingerprint density at radius 2 is 1.80 bits per heavy atom. The van der Waals surface area contributed by atoms with E-state index in [1.165, 1.54) is 38.5 Å². The predicted octanol–water partition coefficient (Wildman–Crippen LogP) is 4.06. The van der Waals surface area contributed by atoms with E-state index in [4.69, 9.17) is 0 Å². The monoisotopic (exact) mass is 209 g/mol. The van der Waals surface area contributed by atoms with E-state index in [1.807, 2.05) is 0 Å². The average molecular weight is 209 g/mol. The van der Waals surface area contributed by atoms with Crippen LogP contribution in [0.3, 0.4) is 0 Å². The standard InChI is InChI=1S/C14H27N/c1-5-6-7-14(15(3)4)13-10-8-12(2)9-11-13/h7,12-13H,5-6,8-11H2,1-4H3/b14-7+. The fourth-order valence-corrected chi connectivity index (χ4v) is 2.56. The van der Waals surface area contributed by atoms with E-state index in [1.54, 1.807) is 5.70 Å². The molecule has 1 heteroatoms. The van der Waals surface area contributed by atoms with Crippen LogP contribution in [0.15, 0.2) is 11.8 Å². The van der Waals surface area contributed by atoms with Gasteiger partial charge in [0.25, 0.3) is 0 Å². The van der Waals surface area contributed by atoms with Crippen molar-refractivity contribution in [1.29, 1.82) is 0 Å². The third-order valence-electron chi connectivity index (χ3n) is 3.59. The van der Waals surface area contributed by atoms with Crippen molar-refractivity contribution in [2.75, 3.05) is 14.1 Å². The van der Waals surface area contributed by atoms with Crippen LogP contribution >= 0.6 is 0 Å². The lowest BCUT2D eigenvalue weighted by molar-refractivity contribution is 0.280. The first-order valence-electron chi connectivity index (χ1n) is 6.52. The fraction of sp³-hybridized carbons (Fsp3) is 0.857. The lowest BCUT2D eigenvalue weighted by Gasteiger charge is -2.32. The lowest BCUT2D eigenvalue weighted by Crippen LogP contribution is -2.23. The van der Waals surface area contributed by atoms with Crippen LogP contribution < -0.4 is 0 Å². The van der Waals surface area contributed by atoms with Gasteiger partial charge >= 0.3 is 0 Å². The molecule has 0 radical (unpaired) electrons. The lowest BCUT2D eigenvalue weighted by atomic mass is 9.81. The van der Waals surface area contributed by atoms with E-state index in [9.17, 15) is 0 Å². The second kappa shape index (κ2) is 6.19. The van der Waals surface area contributed by atoms with E-state index in [-0.39, 0.29) is 0 Å². The number of unbranched alkanes of at least 4 members (excludes halogenated alkanes) is 1. The molecule has 0 atom stereocenters. The quantitative estimate of drug-likeness (QED) is 0.675. The van der Waals surface area contributed by atoms with Gasteiger partial charge < -0.3 is 4.90 Å². The first-order chi connectivity index (χ1) is 7.15. The van der Waals surface area contributed by atoms with Crippen LogP contribution in [-0.4, -0.2) is 19.0 Å². The van der Waals surface area contributed by atoms with Crippen molar-refractivity contribution in [2.45, 2.75) is 52.4 Å². The molecule has 1 fully saturated rings. The van der Waals surface area contributed by atoms with Gasteiger partial charge in [-0.25, -0.2) is 0 Å². The Balaban J connectivity index is 2.56. The SMILES string of the molecule is CCC/C=C(\C1CCC(C)CC1)N(C)C. The Labute approximate surface area is 95.5 Å². The van der Waals surface area contributed by atoms with Crippen molar-refractivity contribution < 1.29 is 0 Å². The molecule has 0 unspecified atom stereocenters. The maximum atomic E-state index is 2.46. The first-order valence-corrected chi connectivity index (χ1v) is 6.52. The van der Waals surface area contributed by atoms with Crippen LogP contribution in [-0.2, 0) is 0 Å². The van der Waals surface area contributed by atoms with Crippen LogP contribution in [0.4, 0.5) is 0 Å². The Bertz CT molecular complexity index is 197. The van der Waals surface area contributed by atoms with E-state index in [2.05, 4.69) is 38.9 Å². The van der Waals surface area contributed by atoms with Crippen LogP contribution in [0.1, 0.15) is 52.4 Å². The van der Waals surface area contributed by atoms with Crippen molar-refractivity contribution in [2.24, 2.45) is 11.8 Å². The second-order valence-corrected chi connectivity index (χ2v) is 5.27. The Morgan fingerprint density at radius 3 is 2.27 bits per heavy atom. The van der Waals surface area contributed by atoms with E-state index in [0.717, 1.165) is 11.8 Å². The van der Waals surface area contributed by atoms with Gasteiger partial charge in [-0.05, 0) is 31.1 Å². The molecular weight excluding hydrogens is 182 g/mol. The highest BCUT2D eigenvalue weighted by atomic mass is 15.1. The largest absolute Gasteiger partial charge is 0.381 e. The average Bonchev–Trinajstić information content (AvgIpc) is 2.21. The predicted molar refractivity (Wildman–Crippen MR) is 67.8 cm³/mol. The van der Waals surface area contributed by atoms with Gasteiger partial charge in [0.1, 0.15) is 0 Å². The molecule has 0 spiro atoms. The summed E-state index contributed by atoms with van der Waals surface area (Å²) in [6.45, 7) is 4.65. The molecule has 1 saturated carbocycles. The number of nitrogens with zero attached hydrogens (tertiary/aromatic N) is 1. The van der Waals surface area contributed by atoms with Crippen molar-refractivity contribution in [3.8, 4) is 0 Å². The van der Waals surface area contributed by atoms with Crippen molar-refractivity contribution in [3.05, 3.63) is 11.8 Å².